The quantitative estimate of drug-likeness (QED) is 0.767. The highest BCUT2D eigenvalue weighted by Crippen LogP contribution is 2.33. The SMILES string of the molecule is O=C(COc1cc(Cl)c(Cl)cc1Cl)C1=CCC=C1. The first kappa shape index (κ1) is 13.5. The molecule has 2 nitrogen and oxygen atoms in total. The van der Waals surface area contributed by atoms with E-state index in [-0.39, 0.29) is 12.4 Å². The van der Waals surface area contributed by atoms with Crippen molar-refractivity contribution in [1.29, 1.82) is 0 Å². The molecule has 0 radical (unpaired) electrons. The lowest BCUT2D eigenvalue weighted by atomic mass is 10.2. The van der Waals surface area contributed by atoms with E-state index in [4.69, 9.17) is 39.5 Å². The second kappa shape index (κ2) is 5.79. The fourth-order valence-corrected chi connectivity index (χ4v) is 2.10. The van der Waals surface area contributed by atoms with Crippen molar-refractivity contribution in [3.63, 3.8) is 0 Å². The van der Waals surface area contributed by atoms with Crippen molar-refractivity contribution >= 4 is 40.6 Å². The van der Waals surface area contributed by atoms with Crippen molar-refractivity contribution < 1.29 is 9.53 Å². The van der Waals surface area contributed by atoms with E-state index in [1.807, 2.05) is 12.2 Å². The fourth-order valence-electron chi connectivity index (χ4n) is 1.51. The number of ether oxygens (including phenoxy) is 1. The van der Waals surface area contributed by atoms with Gasteiger partial charge in [-0.25, -0.2) is 0 Å². The summed E-state index contributed by atoms with van der Waals surface area (Å²) in [6.45, 7) is -0.0755. The molecule has 0 aromatic heterocycles. The summed E-state index contributed by atoms with van der Waals surface area (Å²) in [6, 6.07) is 2.98. The van der Waals surface area contributed by atoms with Crippen LogP contribution in [0.15, 0.2) is 35.9 Å². The molecule has 0 heterocycles. The van der Waals surface area contributed by atoms with Crippen molar-refractivity contribution in [3.8, 4) is 5.75 Å². The standard InChI is InChI=1S/C13H9Cl3O2/c14-9-5-11(16)13(6-10(9)15)18-7-12(17)8-3-1-2-4-8/h1,3-6H,2,7H2. The Bertz CT molecular complexity index is 547. The normalized spacial score (nSPS) is 13.6. The minimum Gasteiger partial charge on any atom is -0.484 e. The summed E-state index contributed by atoms with van der Waals surface area (Å²) in [5.74, 6) is 0.257. The van der Waals surface area contributed by atoms with Crippen LogP contribution in [0.2, 0.25) is 15.1 Å². The number of hydrogen-bond acceptors (Lipinski definition) is 2. The molecule has 0 N–H and O–H groups in total. The summed E-state index contributed by atoms with van der Waals surface area (Å²) in [4.78, 5) is 11.7. The molecule has 0 unspecified atom stereocenters. The summed E-state index contributed by atoms with van der Waals surface area (Å²) in [6.07, 6.45) is 6.33. The summed E-state index contributed by atoms with van der Waals surface area (Å²) in [5.41, 5.74) is 0.659. The molecule has 18 heavy (non-hydrogen) atoms. The monoisotopic (exact) mass is 302 g/mol. The highest BCUT2D eigenvalue weighted by Gasteiger charge is 2.12. The van der Waals surface area contributed by atoms with E-state index < -0.39 is 0 Å². The van der Waals surface area contributed by atoms with Gasteiger partial charge in [-0.15, -0.1) is 0 Å². The summed E-state index contributed by atoms with van der Waals surface area (Å²) in [7, 11) is 0. The van der Waals surface area contributed by atoms with Crippen LogP contribution in [0.25, 0.3) is 0 Å². The lowest BCUT2D eigenvalue weighted by molar-refractivity contribution is -0.117. The van der Waals surface area contributed by atoms with E-state index in [1.54, 1.807) is 6.08 Å². The smallest absolute Gasteiger partial charge is 0.199 e. The highest BCUT2D eigenvalue weighted by molar-refractivity contribution is 6.43. The molecule has 0 bridgehead atoms. The number of carbonyl (C=O) groups is 1. The van der Waals surface area contributed by atoms with Gasteiger partial charge in [0.1, 0.15) is 5.75 Å². The van der Waals surface area contributed by atoms with E-state index in [0.717, 1.165) is 6.42 Å². The molecule has 0 fully saturated rings. The van der Waals surface area contributed by atoms with Crippen LogP contribution in [0, 0.1) is 0 Å². The zero-order chi connectivity index (χ0) is 13.1. The van der Waals surface area contributed by atoms with Crippen molar-refractivity contribution in [2.45, 2.75) is 6.42 Å². The van der Waals surface area contributed by atoms with Crippen LogP contribution >= 0.6 is 34.8 Å². The third kappa shape index (κ3) is 3.08. The Morgan fingerprint density at radius 1 is 1.17 bits per heavy atom. The van der Waals surface area contributed by atoms with E-state index in [2.05, 4.69) is 0 Å². The van der Waals surface area contributed by atoms with Gasteiger partial charge in [-0.3, -0.25) is 4.79 Å². The Balaban J connectivity index is 2.04. The lowest BCUT2D eigenvalue weighted by Crippen LogP contribution is -2.12. The second-order valence-electron chi connectivity index (χ2n) is 3.71. The average Bonchev–Trinajstić information content (AvgIpc) is 2.85. The van der Waals surface area contributed by atoms with Crippen molar-refractivity contribution in [2.75, 3.05) is 6.61 Å². The maximum atomic E-state index is 11.7. The van der Waals surface area contributed by atoms with Crippen LogP contribution in [0.5, 0.6) is 5.75 Å². The minimum absolute atomic E-state index is 0.0755. The summed E-state index contributed by atoms with van der Waals surface area (Å²) >= 11 is 17.6. The third-order valence-corrected chi connectivity index (χ3v) is 3.44. The van der Waals surface area contributed by atoms with Crippen LogP contribution in [-0.4, -0.2) is 12.4 Å². The van der Waals surface area contributed by atoms with E-state index in [9.17, 15) is 4.79 Å². The van der Waals surface area contributed by atoms with Gasteiger partial charge in [0, 0.05) is 11.6 Å². The zero-order valence-corrected chi connectivity index (χ0v) is 11.5. The number of halogens is 3. The van der Waals surface area contributed by atoms with Crippen molar-refractivity contribution in [2.24, 2.45) is 0 Å². The number of hydrogen-bond donors (Lipinski definition) is 0. The molecule has 0 saturated carbocycles. The molecule has 1 aliphatic carbocycles. The maximum Gasteiger partial charge on any atom is 0.199 e. The van der Waals surface area contributed by atoms with Crippen molar-refractivity contribution in [3.05, 3.63) is 51.0 Å². The van der Waals surface area contributed by atoms with Gasteiger partial charge in [0.25, 0.3) is 0 Å². The van der Waals surface area contributed by atoms with Gasteiger partial charge in [0.2, 0.25) is 0 Å². The second-order valence-corrected chi connectivity index (χ2v) is 4.93. The average molecular weight is 304 g/mol. The topological polar surface area (TPSA) is 26.3 Å². The van der Waals surface area contributed by atoms with Gasteiger partial charge in [-0.2, -0.15) is 0 Å². The molecule has 1 aromatic rings. The first-order valence-corrected chi connectivity index (χ1v) is 6.38. The molecular weight excluding hydrogens is 295 g/mol. The lowest BCUT2D eigenvalue weighted by Gasteiger charge is -2.08. The molecule has 0 spiro atoms. The van der Waals surface area contributed by atoms with Crippen LogP contribution in [0.4, 0.5) is 0 Å². The van der Waals surface area contributed by atoms with E-state index in [1.165, 1.54) is 12.1 Å². The first-order chi connectivity index (χ1) is 8.58. The fraction of sp³-hybridized carbons (Fsp3) is 0.154. The Labute approximate surface area is 120 Å². The Morgan fingerprint density at radius 3 is 2.56 bits per heavy atom. The number of benzene rings is 1. The number of ketones is 1. The van der Waals surface area contributed by atoms with E-state index >= 15 is 0 Å². The number of carbonyl (C=O) groups excluding carboxylic acids is 1. The highest BCUT2D eigenvalue weighted by atomic mass is 35.5. The molecular formula is C13H9Cl3O2. The molecule has 0 aliphatic heterocycles. The number of Topliss-reactive ketones (excluding diaryl/α,β-unsaturated/α-hetero) is 1. The minimum atomic E-state index is -0.0918. The summed E-state index contributed by atoms with van der Waals surface area (Å²) in [5, 5.41) is 1.01. The van der Waals surface area contributed by atoms with Gasteiger partial charge in [-0.1, -0.05) is 53.0 Å². The van der Waals surface area contributed by atoms with Crippen LogP contribution in [0.3, 0.4) is 0 Å². The predicted molar refractivity (Wildman–Crippen MR) is 73.8 cm³/mol. The van der Waals surface area contributed by atoms with Crippen LogP contribution in [0.1, 0.15) is 6.42 Å². The van der Waals surface area contributed by atoms with Gasteiger partial charge < -0.3 is 4.74 Å². The molecule has 0 atom stereocenters. The molecule has 0 amide bonds. The molecule has 1 aliphatic rings. The Kier molecular flexibility index (Phi) is 4.33. The summed E-state index contributed by atoms with van der Waals surface area (Å²) < 4.78 is 5.35. The molecule has 1 aromatic carbocycles. The largest absolute Gasteiger partial charge is 0.484 e. The molecule has 5 heteroatoms. The molecule has 94 valence electrons. The van der Waals surface area contributed by atoms with Crippen molar-refractivity contribution in [1.82, 2.24) is 0 Å². The number of allylic oxidation sites excluding steroid dienone is 3. The Hall–Kier alpha value is -0.960. The molecule has 0 saturated heterocycles. The zero-order valence-electron chi connectivity index (χ0n) is 9.25. The van der Waals surface area contributed by atoms with Gasteiger partial charge in [-0.05, 0) is 12.5 Å². The van der Waals surface area contributed by atoms with Gasteiger partial charge in [0.15, 0.2) is 12.4 Å². The van der Waals surface area contributed by atoms with Crippen LogP contribution in [-0.2, 0) is 4.79 Å². The number of rotatable bonds is 4. The van der Waals surface area contributed by atoms with E-state index in [0.29, 0.717) is 26.4 Å². The molecule has 2 rings (SSSR count). The maximum absolute atomic E-state index is 11.7. The predicted octanol–water partition coefficient (Wildman–Crippen LogP) is 4.48. The Morgan fingerprint density at radius 2 is 1.89 bits per heavy atom. The van der Waals surface area contributed by atoms with Crippen LogP contribution < -0.4 is 4.74 Å². The first-order valence-electron chi connectivity index (χ1n) is 5.25. The third-order valence-electron chi connectivity index (χ3n) is 2.43. The van der Waals surface area contributed by atoms with Gasteiger partial charge >= 0.3 is 0 Å². The van der Waals surface area contributed by atoms with Gasteiger partial charge in [0.05, 0.1) is 15.1 Å².